The summed E-state index contributed by atoms with van der Waals surface area (Å²) < 4.78 is 41.8. The number of carbonyl (C=O) groups is 1. The summed E-state index contributed by atoms with van der Waals surface area (Å²) in [5.41, 5.74) is 1.97. The van der Waals surface area contributed by atoms with Crippen LogP contribution >= 0.6 is 0 Å². The van der Waals surface area contributed by atoms with E-state index in [-0.39, 0.29) is 16.1 Å². The van der Waals surface area contributed by atoms with Crippen molar-refractivity contribution in [2.24, 2.45) is 0 Å². The third-order valence-corrected chi connectivity index (χ3v) is 6.99. The summed E-state index contributed by atoms with van der Waals surface area (Å²) in [7, 11) is -4.10. The minimum Gasteiger partial charge on any atom is -0.287 e. The maximum absolute atomic E-state index is 13.9. The summed E-state index contributed by atoms with van der Waals surface area (Å²) in [6, 6.07) is 18.0. The molecule has 2 heterocycles. The standard InChI is InChI=1S/C23H16FN3O3S/c1-14-19-12-15(7-9-20(19)26-25-14)23(28)22-13-16-11-17(24)8-10-21(16)27(22)31(29,30)18-5-3-2-4-6-18/h2-13H,1H3,(H,25,26). The fourth-order valence-corrected chi connectivity index (χ4v) is 5.24. The van der Waals surface area contributed by atoms with Crippen molar-refractivity contribution >= 4 is 37.6 Å². The molecule has 0 amide bonds. The molecule has 0 unspecified atom stereocenters. The first-order valence-corrected chi connectivity index (χ1v) is 10.9. The van der Waals surface area contributed by atoms with E-state index in [0.29, 0.717) is 10.9 Å². The number of hydrogen-bond acceptors (Lipinski definition) is 4. The lowest BCUT2D eigenvalue weighted by Gasteiger charge is -2.12. The first kappa shape index (κ1) is 19.2. The van der Waals surface area contributed by atoms with E-state index in [9.17, 15) is 17.6 Å². The van der Waals surface area contributed by atoms with Crippen molar-refractivity contribution in [3.05, 3.63) is 95.6 Å². The molecule has 0 spiro atoms. The van der Waals surface area contributed by atoms with Crippen molar-refractivity contribution in [2.45, 2.75) is 11.8 Å². The number of aromatic nitrogens is 3. The molecule has 6 nitrogen and oxygen atoms in total. The van der Waals surface area contributed by atoms with E-state index < -0.39 is 21.6 Å². The van der Waals surface area contributed by atoms with Crippen LogP contribution in [0.4, 0.5) is 4.39 Å². The first-order valence-electron chi connectivity index (χ1n) is 9.47. The van der Waals surface area contributed by atoms with Gasteiger partial charge in [-0.05, 0) is 61.5 Å². The zero-order chi connectivity index (χ0) is 21.8. The maximum Gasteiger partial charge on any atom is 0.268 e. The van der Waals surface area contributed by atoms with Gasteiger partial charge in [-0.15, -0.1) is 0 Å². The average molecular weight is 433 g/mol. The van der Waals surface area contributed by atoms with Crippen LogP contribution in [-0.2, 0) is 10.0 Å². The number of aryl methyl sites for hydroxylation is 1. The van der Waals surface area contributed by atoms with Crippen molar-refractivity contribution in [2.75, 3.05) is 0 Å². The molecule has 8 heteroatoms. The zero-order valence-electron chi connectivity index (χ0n) is 16.3. The van der Waals surface area contributed by atoms with Crippen LogP contribution in [0.1, 0.15) is 21.7 Å². The van der Waals surface area contributed by atoms with Crippen LogP contribution in [0.25, 0.3) is 21.8 Å². The van der Waals surface area contributed by atoms with Gasteiger partial charge in [-0.1, -0.05) is 18.2 Å². The lowest BCUT2D eigenvalue weighted by atomic mass is 10.1. The molecule has 31 heavy (non-hydrogen) atoms. The van der Waals surface area contributed by atoms with Gasteiger partial charge in [-0.2, -0.15) is 5.10 Å². The molecule has 0 aliphatic rings. The van der Waals surface area contributed by atoms with E-state index in [1.54, 1.807) is 36.4 Å². The SMILES string of the molecule is Cc1n[nH]c2ccc(C(=O)c3cc4cc(F)ccc4n3S(=O)(=O)c3ccccc3)cc12. The number of ketones is 1. The lowest BCUT2D eigenvalue weighted by Crippen LogP contribution is -2.19. The van der Waals surface area contributed by atoms with Gasteiger partial charge in [-0.3, -0.25) is 9.89 Å². The zero-order valence-corrected chi connectivity index (χ0v) is 17.2. The third kappa shape index (κ3) is 3.03. The Bertz CT molecular complexity index is 1580. The van der Waals surface area contributed by atoms with Gasteiger partial charge < -0.3 is 0 Å². The van der Waals surface area contributed by atoms with E-state index in [0.717, 1.165) is 20.6 Å². The molecule has 3 aromatic carbocycles. The van der Waals surface area contributed by atoms with Gasteiger partial charge >= 0.3 is 0 Å². The summed E-state index contributed by atoms with van der Waals surface area (Å²) in [6.07, 6.45) is 0. The number of carbonyl (C=O) groups excluding carboxylic acids is 1. The Balaban J connectivity index is 1.77. The van der Waals surface area contributed by atoms with Crippen LogP contribution in [0, 0.1) is 12.7 Å². The smallest absolute Gasteiger partial charge is 0.268 e. The fraction of sp³-hybridized carbons (Fsp3) is 0.0435. The summed E-state index contributed by atoms with van der Waals surface area (Å²) >= 11 is 0. The Morgan fingerprint density at radius 1 is 1.00 bits per heavy atom. The maximum atomic E-state index is 13.9. The predicted octanol–water partition coefficient (Wildman–Crippen LogP) is 4.43. The molecule has 0 atom stereocenters. The molecule has 0 saturated heterocycles. The highest BCUT2D eigenvalue weighted by atomic mass is 32.2. The van der Waals surface area contributed by atoms with Crippen LogP contribution in [-0.4, -0.2) is 28.4 Å². The summed E-state index contributed by atoms with van der Waals surface area (Å²) in [5.74, 6) is -1.00. The quantitative estimate of drug-likeness (QED) is 0.425. The van der Waals surface area contributed by atoms with Crippen LogP contribution in [0.15, 0.2) is 77.7 Å². The van der Waals surface area contributed by atoms with Crippen molar-refractivity contribution in [3.8, 4) is 0 Å². The number of benzene rings is 3. The highest BCUT2D eigenvalue weighted by Gasteiger charge is 2.27. The van der Waals surface area contributed by atoms with Gasteiger partial charge in [0.1, 0.15) is 11.5 Å². The molecule has 1 N–H and O–H groups in total. The molecule has 2 aromatic heterocycles. The van der Waals surface area contributed by atoms with Crippen molar-refractivity contribution in [1.29, 1.82) is 0 Å². The van der Waals surface area contributed by atoms with Crippen molar-refractivity contribution in [1.82, 2.24) is 14.2 Å². The molecule has 0 aliphatic carbocycles. The van der Waals surface area contributed by atoms with Crippen LogP contribution in [0.5, 0.6) is 0 Å². The topological polar surface area (TPSA) is 84.8 Å². The summed E-state index contributed by atoms with van der Waals surface area (Å²) in [4.78, 5) is 13.5. The minimum atomic E-state index is -4.10. The Kier molecular flexibility index (Phi) is 4.26. The van der Waals surface area contributed by atoms with Gasteiger partial charge in [0, 0.05) is 16.3 Å². The largest absolute Gasteiger partial charge is 0.287 e. The van der Waals surface area contributed by atoms with Crippen molar-refractivity contribution < 1.29 is 17.6 Å². The van der Waals surface area contributed by atoms with Crippen LogP contribution in [0.2, 0.25) is 0 Å². The monoisotopic (exact) mass is 433 g/mol. The third-order valence-electron chi connectivity index (χ3n) is 5.25. The van der Waals surface area contributed by atoms with Gasteiger partial charge in [0.25, 0.3) is 10.0 Å². The van der Waals surface area contributed by atoms with E-state index >= 15 is 0 Å². The van der Waals surface area contributed by atoms with E-state index in [2.05, 4.69) is 10.2 Å². The van der Waals surface area contributed by atoms with E-state index in [1.165, 1.54) is 36.4 Å². The highest BCUT2D eigenvalue weighted by molar-refractivity contribution is 7.90. The molecule has 5 aromatic rings. The van der Waals surface area contributed by atoms with E-state index in [1.807, 2.05) is 6.92 Å². The highest BCUT2D eigenvalue weighted by Crippen LogP contribution is 2.29. The molecule has 0 aliphatic heterocycles. The number of rotatable bonds is 4. The molecule has 0 fully saturated rings. The average Bonchev–Trinajstić information content (AvgIpc) is 3.34. The predicted molar refractivity (Wildman–Crippen MR) is 115 cm³/mol. The Morgan fingerprint density at radius 2 is 1.77 bits per heavy atom. The van der Waals surface area contributed by atoms with Gasteiger partial charge in [0.05, 0.1) is 21.6 Å². The fourth-order valence-electron chi connectivity index (χ4n) is 3.71. The van der Waals surface area contributed by atoms with Crippen LogP contribution < -0.4 is 0 Å². The number of halogens is 1. The summed E-state index contributed by atoms with van der Waals surface area (Å²) in [5, 5.41) is 8.10. The van der Waals surface area contributed by atoms with Crippen molar-refractivity contribution in [3.63, 3.8) is 0 Å². The minimum absolute atomic E-state index is 0.0343. The Hall–Kier alpha value is -3.78. The molecule has 0 radical (unpaired) electrons. The summed E-state index contributed by atoms with van der Waals surface area (Å²) in [6.45, 7) is 1.81. The second-order valence-corrected chi connectivity index (χ2v) is 9.00. The molecule has 154 valence electrons. The Labute approximate surface area is 177 Å². The second kappa shape index (κ2) is 6.88. The molecular formula is C23H16FN3O3S. The number of fused-ring (bicyclic) bond motifs is 2. The Morgan fingerprint density at radius 3 is 2.55 bits per heavy atom. The molecular weight excluding hydrogens is 417 g/mol. The second-order valence-electron chi connectivity index (χ2n) is 7.21. The lowest BCUT2D eigenvalue weighted by molar-refractivity contribution is 0.103. The normalized spacial score (nSPS) is 11.9. The molecule has 0 bridgehead atoms. The number of nitrogens with zero attached hydrogens (tertiary/aromatic N) is 2. The van der Waals surface area contributed by atoms with E-state index in [4.69, 9.17) is 0 Å². The van der Waals surface area contributed by atoms with Gasteiger partial charge in [0.15, 0.2) is 0 Å². The molecule has 0 saturated carbocycles. The van der Waals surface area contributed by atoms with Crippen LogP contribution in [0.3, 0.4) is 0 Å². The van der Waals surface area contributed by atoms with Gasteiger partial charge in [-0.25, -0.2) is 16.8 Å². The number of nitrogens with one attached hydrogen (secondary N) is 1. The number of H-pyrrole nitrogens is 1. The van der Waals surface area contributed by atoms with Gasteiger partial charge in [0.2, 0.25) is 5.78 Å². The first-order chi connectivity index (χ1) is 14.9. The number of hydrogen-bond donors (Lipinski definition) is 1. The number of aromatic amines is 1. The molecule has 5 rings (SSSR count).